The lowest BCUT2D eigenvalue weighted by Crippen LogP contribution is -2.01. The van der Waals surface area contributed by atoms with Gasteiger partial charge >= 0.3 is 5.63 Å². The molecule has 0 aliphatic carbocycles. The molecule has 220 valence electrons. The summed E-state index contributed by atoms with van der Waals surface area (Å²) in [6.07, 6.45) is 0. The predicted molar refractivity (Wildman–Crippen MR) is 192 cm³/mol. The van der Waals surface area contributed by atoms with Gasteiger partial charge in [0.15, 0.2) is 5.58 Å². The lowest BCUT2D eigenvalue weighted by atomic mass is 9.98. The van der Waals surface area contributed by atoms with Crippen LogP contribution in [0.2, 0.25) is 0 Å². The van der Waals surface area contributed by atoms with Crippen molar-refractivity contribution in [1.29, 1.82) is 0 Å². The van der Waals surface area contributed by atoms with E-state index < -0.39 is 0 Å². The van der Waals surface area contributed by atoms with Crippen molar-refractivity contribution in [2.75, 3.05) is 0 Å². The average Bonchev–Trinajstić information content (AvgIpc) is 3.68. The molecule has 0 atom stereocenters. The summed E-state index contributed by atoms with van der Waals surface area (Å²) in [5.74, 6) is 0. The van der Waals surface area contributed by atoms with E-state index in [0.29, 0.717) is 11.0 Å². The highest BCUT2D eigenvalue weighted by Gasteiger charge is 2.19. The van der Waals surface area contributed by atoms with E-state index >= 15 is 0 Å². The Morgan fingerprint density at radius 1 is 0.426 bits per heavy atom. The first-order valence-corrected chi connectivity index (χ1v) is 15.7. The number of rotatable bonds is 3. The van der Waals surface area contributed by atoms with Crippen LogP contribution in [0, 0.1) is 0 Å². The molecule has 4 nitrogen and oxygen atoms in total. The maximum Gasteiger partial charge on any atom is 0.344 e. The number of fused-ring (bicyclic) bond motifs is 10. The first-order valence-electron chi connectivity index (χ1n) is 15.7. The smallest absolute Gasteiger partial charge is 0.344 e. The van der Waals surface area contributed by atoms with Crippen molar-refractivity contribution < 1.29 is 8.83 Å². The Morgan fingerprint density at radius 2 is 1.09 bits per heavy atom. The highest BCUT2D eigenvalue weighted by molar-refractivity contribution is 6.21. The van der Waals surface area contributed by atoms with Gasteiger partial charge in [-0.15, -0.1) is 0 Å². The van der Waals surface area contributed by atoms with E-state index in [-0.39, 0.29) is 5.63 Å². The van der Waals surface area contributed by atoms with E-state index in [1.165, 1.54) is 0 Å². The van der Waals surface area contributed by atoms with Crippen LogP contribution in [-0.2, 0) is 0 Å². The number of hydrogen-bond acceptors (Lipinski definition) is 3. The molecule has 0 aliphatic rings. The van der Waals surface area contributed by atoms with Gasteiger partial charge in [-0.1, -0.05) is 109 Å². The Kier molecular flexibility index (Phi) is 5.40. The van der Waals surface area contributed by atoms with Crippen LogP contribution in [0.1, 0.15) is 0 Å². The Balaban J connectivity index is 1.17. The largest absolute Gasteiger partial charge is 0.455 e. The minimum absolute atomic E-state index is 0.329. The van der Waals surface area contributed by atoms with Crippen LogP contribution in [0.3, 0.4) is 0 Å². The van der Waals surface area contributed by atoms with Gasteiger partial charge in [0.2, 0.25) is 0 Å². The number of hydrogen-bond donors (Lipinski definition) is 0. The van der Waals surface area contributed by atoms with Crippen LogP contribution < -0.4 is 5.63 Å². The van der Waals surface area contributed by atoms with E-state index in [0.717, 1.165) is 82.5 Å². The van der Waals surface area contributed by atoms with Gasteiger partial charge in [0.1, 0.15) is 11.2 Å². The molecule has 7 aromatic carbocycles. The van der Waals surface area contributed by atoms with E-state index in [2.05, 4.69) is 95.6 Å². The number of aromatic nitrogens is 1. The summed E-state index contributed by atoms with van der Waals surface area (Å²) in [6.45, 7) is 0. The molecule has 10 aromatic rings. The zero-order chi connectivity index (χ0) is 31.1. The van der Waals surface area contributed by atoms with Gasteiger partial charge in [-0.2, -0.15) is 0 Å². The Bertz CT molecular complexity index is 2910. The number of furan rings is 1. The summed E-state index contributed by atoms with van der Waals surface area (Å²) in [7, 11) is 0. The normalized spacial score (nSPS) is 11.9. The fourth-order valence-corrected chi connectivity index (χ4v) is 7.28. The summed E-state index contributed by atoms with van der Waals surface area (Å²) >= 11 is 0. The van der Waals surface area contributed by atoms with Crippen LogP contribution in [0.15, 0.2) is 165 Å². The highest BCUT2D eigenvalue weighted by atomic mass is 16.4. The molecule has 0 saturated carbocycles. The minimum Gasteiger partial charge on any atom is -0.455 e. The monoisotopic (exact) mass is 603 g/mol. The van der Waals surface area contributed by atoms with E-state index in [1.54, 1.807) is 0 Å². The van der Waals surface area contributed by atoms with E-state index in [9.17, 15) is 4.79 Å². The van der Waals surface area contributed by atoms with Crippen molar-refractivity contribution in [3.8, 4) is 27.9 Å². The lowest BCUT2D eigenvalue weighted by Gasteiger charge is -2.10. The molecule has 0 fully saturated rings. The molecule has 0 N–H and O–H groups in total. The maximum absolute atomic E-state index is 13.2. The molecule has 3 aromatic heterocycles. The number of benzene rings is 7. The molecular formula is C43H25NO3. The van der Waals surface area contributed by atoms with Gasteiger partial charge in [-0.3, -0.25) is 0 Å². The third kappa shape index (κ3) is 3.79. The van der Waals surface area contributed by atoms with Crippen LogP contribution in [0.5, 0.6) is 0 Å². The molecule has 0 spiro atoms. The second kappa shape index (κ2) is 9.80. The van der Waals surface area contributed by atoms with E-state index in [4.69, 9.17) is 8.83 Å². The van der Waals surface area contributed by atoms with Gasteiger partial charge in [0.25, 0.3) is 0 Å². The summed E-state index contributed by atoms with van der Waals surface area (Å²) in [5, 5.41) is 6.78. The first-order chi connectivity index (χ1) is 23.2. The molecule has 0 radical (unpaired) electrons. The molecule has 0 unspecified atom stereocenters. The standard InChI is InChI=1S/C43H25NO3/c45-43-36-13-5-4-11-31(36)35-23-22-33-37-25-28(21-24-38(37)44(40(33)42(35)47-43)29-9-2-1-3-10-29)26-17-19-27(20-18-26)30-14-8-15-34-32-12-6-7-16-39(32)46-41(30)34/h1-25H. The number of nitrogens with zero attached hydrogens (tertiary/aromatic N) is 1. The Hall–Kier alpha value is -6.39. The molecule has 0 bridgehead atoms. The fourth-order valence-electron chi connectivity index (χ4n) is 7.28. The van der Waals surface area contributed by atoms with Crippen molar-refractivity contribution in [3.63, 3.8) is 0 Å². The van der Waals surface area contributed by atoms with Crippen molar-refractivity contribution in [2.45, 2.75) is 0 Å². The third-order valence-corrected chi connectivity index (χ3v) is 9.46. The molecule has 0 saturated heterocycles. The van der Waals surface area contributed by atoms with Gasteiger partial charge in [0.05, 0.1) is 16.4 Å². The topological polar surface area (TPSA) is 48.3 Å². The molecule has 3 heterocycles. The molecule has 10 rings (SSSR count). The van der Waals surface area contributed by atoms with Crippen LogP contribution in [0.4, 0.5) is 0 Å². The minimum atomic E-state index is -0.329. The van der Waals surface area contributed by atoms with Crippen molar-refractivity contribution in [3.05, 3.63) is 162 Å². The molecular weight excluding hydrogens is 578 g/mol. The predicted octanol–water partition coefficient (Wildman–Crippen LogP) is 11.3. The molecule has 47 heavy (non-hydrogen) atoms. The Morgan fingerprint density at radius 3 is 1.94 bits per heavy atom. The SMILES string of the molecule is O=c1oc2c(ccc3c4cc(-c5ccc(-c6cccc7c6oc6ccccc67)cc5)ccc4n(-c4ccccc4)c32)c2ccccc12. The van der Waals surface area contributed by atoms with Crippen LogP contribution >= 0.6 is 0 Å². The second-order valence-electron chi connectivity index (χ2n) is 12.0. The third-order valence-electron chi connectivity index (χ3n) is 9.46. The van der Waals surface area contributed by atoms with Crippen molar-refractivity contribution in [2.24, 2.45) is 0 Å². The van der Waals surface area contributed by atoms with Crippen molar-refractivity contribution >= 4 is 65.5 Å². The maximum atomic E-state index is 13.2. The lowest BCUT2D eigenvalue weighted by molar-refractivity contribution is 0.572. The molecule has 0 amide bonds. The summed E-state index contributed by atoms with van der Waals surface area (Å²) in [5.41, 5.74) is 9.42. The molecule has 0 aliphatic heterocycles. The first kappa shape index (κ1) is 25.9. The summed E-state index contributed by atoms with van der Waals surface area (Å²) in [4.78, 5) is 13.2. The van der Waals surface area contributed by atoms with E-state index in [1.807, 2.05) is 60.7 Å². The Labute approximate surface area is 268 Å². The second-order valence-corrected chi connectivity index (χ2v) is 12.0. The molecule has 4 heteroatoms. The quantitative estimate of drug-likeness (QED) is 0.149. The highest BCUT2D eigenvalue weighted by Crippen LogP contribution is 2.40. The van der Waals surface area contributed by atoms with Gasteiger partial charge in [0, 0.05) is 38.2 Å². The zero-order valence-electron chi connectivity index (χ0n) is 25.1. The zero-order valence-corrected chi connectivity index (χ0v) is 25.1. The average molecular weight is 604 g/mol. The van der Waals surface area contributed by atoms with Crippen LogP contribution in [-0.4, -0.2) is 4.57 Å². The van der Waals surface area contributed by atoms with Crippen LogP contribution in [0.25, 0.3) is 93.4 Å². The van der Waals surface area contributed by atoms with Crippen molar-refractivity contribution in [1.82, 2.24) is 4.57 Å². The van der Waals surface area contributed by atoms with Gasteiger partial charge in [-0.05, 0) is 64.5 Å². The number of para-hydroxylation sites is 3. The summed E-state index contributed by atoms with van der Waals surface area (Å²) in [6, 6.07) is 52.0. The summed E-state index contributed by atoms with van der Waals surface area (Å²) < 4.78 is 14.6. The van der Waals surface area contributed by atoms with Gasteiger partial charge < -0.3 is 13.4 Å². The fraction of sp³-hybridized carbons (Fsp3) is 0. The van der Waals surface area contributed by atoms with Gasteiger partial charge in [-0.25, -0.2) is 4.79 Å².